The zero-order valence-corrected chi connectivity index (χ0v) is 11.6. The van der Waals surface area contributed by atoms with E-state index in [1.807, 2.05) is 6.92 Å². The number of hydrogen-bond donors (Lipinski definition) is 1. The molecule has 1 unspecified atom stereocenters. The van der Waals surface area contributed by atoms with Gasteiger partial charge in [0.1, 0.15) is 11.6 Å². The van der Waals surface area contributed by atoms with Crippen LogP contribution in [0.5, 0.6) is 0 Å². The second-order valence-corrected chi connectivity index (χ2v) is 5.20. The number of amides is 2. The summed E-state index contributed by atoms with van der Waals surface area (Å²) < 4.78 is 4.89. The third-order valence-electron chi connectivity index (χ3n) is 3.18. The Labute approximate surface area is 111 Å². The molecule has 1 saturated heterocycles. The van der Waals surface area contributed by atoms with E-state index in [9.17, 15) is 9.59 Å². The van der Waals surface area contributed by atoms with E-state index in [1.54, 1.807) is 20.8 Å². The van der Waals surface area contributed by atoms with E-state index in [-0.39, 0.29) is 18.4 Å². The normalized spacial score (nSPS) is 22.5. The molecule has 0 aromatic carbocycles. The molecule has 2 amide bonds. The van der Waals surface area contributed by atoms with Gasteiger partial charge in [0.25, 0.3) is 0 Å². The van der Waals surface area contributed by atoms with Crippen molar-refractivity contribution in [1.29, 1.82) is 0 Å². The van der Waals surface area contributed by atoms with Gasteiger partial charge in [0.15, 0.2) is 5.82 Å². The predicted molar refractivity (Wildman–Crippen MR) is 65.9 cm³/mol. The number of aromatic nitrogens is 2. The molecule has 0 radical (unpaired) electrons. The Morgan fingerprint density at radius 1 is 1.42 bits per heavy atom. The lowest BCUT2D eigenvalue weighted by molar-refractivity contribution is -0.154. The highest BCUT2D eigenvalue weighted by Gasteiger charge is 2.44. The first-order chi connectivity index (χ1) is 8.85. The first-order valence-corrected chi connectivity index (χ1v) is 6.27. The average molecular weight is 266 g/mol. The number of nitrogens with zero attached hydrogens (tertiary/aromatic N) is 3. The number of nitrogens with one attached hydrogen (secondary N) is 1. The van der Waals surface area contributed by atoms with E-state index < -0.39 is 11.6 Å². The predicted octanol–water partition coefficient (Wildman–Crippen LogP) is 0.394. The van der Waals surface area contributed by atoms with Crippen molar-refractivity contribution in [1.82, 2.24) is 20.4 Å². The van der Waals surface area contributed by atoms with Gasteiger partial charge < -0.3 is 14.7 Å². The molecule has 19 heavy (non-hydrogen) atoms. The second kappa shape index (κ2) is 4.64. The third-order valence-corrected chi connectivity index (χ3v) is 3.18. The summed E-state index contributed by atoms with van der Waals surface area (Å²) in [7, 11) is 0. The molecule has 104 valence electrons. The maximum absolute atomic E-state index is 12.4. The van der Waals surface area contributed by atoms with Crippen LogP contribution in [0.4, 0.5) is 0 Å². The lowest BCUT2D eigenvalue weighted by Gasteiger charge is -2.42. The van der Waals surface area contributed by atoms with Crippen molar-refractivity contribution >= 4 is 11.8 Å². The summed E-state index contributed by atoms with van der Waals surface area (Å²) in [5, 5.41) is 6.51. The monoisotopic (exact) mass is 266 g/mol. The minimum atomic E-state index is -0.901. The van der Waals surface area contributed by atoms with Gasteiger partial charge in [0.2, 0.25) is 17.7 Å². The highest BCUT2D eigenvalue weighted by Crippen LogP contribution is 2.21. The topological polar surface area (TPSA) is 88.3 Å². The van der Waals surface area contributed by atoms with Crippen molar-refractivity contribution in [3.63, 3.8) is 0 Å². The van der Waals surface area contributed by atoms with Gasteiger partial charge in [-0.15, -0.1) is 0 Å². The van der Waals surface area contributed by atoms with Gasteiger partial charge in [-0.25, -0.2) is 0 Å². The van der Waals surface area contributed by atoms with Crippen molar-refractivity contribution in [2.45, 2.75) is 52.2 Å². The molecule has 1 aliphatic heterocycles. The molecular weight excluding hydrogens is 248 g/mol. The molecule has 0 bridgehead atoms. The molecule has 2 rings (SSSR count). The molecule has 1 aromatic heterocycles. The van der Waals surface area contributed by atoms with E-state index in [0.29, 0.717) is 18.1 Å². The standard InChI is InChI=1S/C12H18N4O3/c1-5-8-10(17)14-12(3,4)11(18)16(8)6-9-13-7(2)19-15-9/h8H,5-6H2,1-4H3,(H,14,17). The molecule has 7 heteroatoms. The highest BCUT2D eigenvalue weighted by molar-refractivity contribution is 5.99. The Kier molecular flexibility index (Phi) is 3.30. The SMILES string of the molecule is CCC1C(=O)NC(C)(C)C(=O)N1Cc1noc(C)n1. The zero-order chi connectivity index (χ0) is 14.2. The molecule has 7 nitrogen and oxygen atoms in total. The molecule has 1 fully saturated rings. The van der Waals surface area contributed by atoms with Gasteiger partial charge in [0.05, 0.1) is 6.54 Å². The van der Waals surface area contributed by atoms with Crippen LogP contribution in [0.1, 0.15) is 38.9 Å². The summed E-state index contributed by atoms with van der Waals surface area (Å²) >= 11 is 0. The van der Waals surface area contributed by atoms with Crippen molar-refractivity contribution in [2.24, 2.45) is 0 Å². The third kappa shape index (κ3) is 2.45. The summed E-state index contributed by atoms with van der Waals surface area (Å²) in [5.41, 5.74) is -0.901. The van der Waals surface area contributed by atoms with Crippen LogP contribution in [-0.4, -0.2) is 38.4 Å². The Balaban J connectivity index is 2.27. The molecule has 1 aliphatic rings. The van der Waals surface area contributed by atoms with Crippen LogP contribution < -0.4 is 5.32 Å². The first kappa shape index (κ1) is 13.5. The molecule has 0 spiro atoms. The Hall–Kier alpha value is -1.92. The minimum Gasteiger partial charge on any atom is -0.340 e. The molecule has 2 heterocycles. The van der Waals surface area contributed by atoms with E-state index in [2.05, 4.69) is 15.5 Å². The van der Waals surface area contributed by atoms with Crippen molar-refractivity contribution in [2.75, 3.05) is 0 Å². The van der Waals surface area contributed by atoms with Crippen LogP contribution in [-0.2, 0) is 16.1 Å². The van der Waals surface area contributed by atoms with Crippen molar-refractivity contribution < 1.29 is 14.1 Å². The minimum absolute atomic E-state index is 0.138. The van der Waals surface area contributed by atoms with Gasteiger partial charge in [-0.2, -0.15) is 4.98 Å². The molecule has 1 N–H and O–H groups in total. The fourth-order valence-electron chi connectivity index (χ4n) is 2.23. The molecule has 1 atom stereocenters. The van der Waals surface area contributed by atoms with Gasteiger partial charge in [-0.3, -0.25) is 9.59 Å². The number of hydrogen-bond acceptors (Lipinski definition) is 5. The van der Waals surface area contributed by atoms with Gasteiger partial charge in [0, 0.05) is 6.92 Å². The van der Waals surface area contributed by atoms with E-state index in [4.69, 9.17) is 4.52 Å². The largest absolute Gasteiger partial charge is 0.340 e. The summed E-state index contributed by atoms with van der Waals surface area (Å²) in [5.74, 6) is 0.569. The average Bonchev–Trinajstić information content (AvgIpc) is 2.71. The number of rotatable bonds is 3. The van der Waals surface area contributed by atoms with Crippen LogP contribution in [0.15, 0.2) is 4.52 Å². The Bertz CT molecular complexity index is 509. The van der Waals surface area contributed by atoms with Crippen molar-refractivity contribution in [3.8, 4) is 0 Å². The van der Waals surface area contributed by atoms with Crippen LogP contribution in [0.2, 0.25) is 0 Å². The number of aryl methyl sites for hydroxylation is 1. The van der Waals surface area contributed by atoms with E-state index in [1.165, 1.54) is 4.90 Å². The van der Waals surface area contributed by atoms with Gasteiger partial charge in [-0.05, 0) is 20.3 Å². The summed E-state index contributed by atoms with van der Waals surface area (Å²) in [4.78, 5) is 30.0. The fraction of sp³-hybridized carbons (Fsp3) is 0.667. The quantitative estimate of drug-likeness (QED) is 0.855. The van der Waals surface area contributed by atoms with Crippen LogP contribution in [0.25, 0.3) is 0 Å². The van der Waals surface area contributed by atoms with Crippen molar-refractivity contribution in [3.05, 3.63) is 11.7 Å². The highest BCUT2D eigenvalue weighted by atomic mass is 16.5. The lowest BCUT2D eigenvalue weighted by atomic mass is 9.96. The molecule has 0 aliphatic carbocycles. The number of piperazine rings is 1. The molecular formula is C12H18N4O3. The van der Waals surface area contributed by atoms with Gasteiger partial charge in [-0.1, -0.05) is 12.1 Å². The zero-order valence-electron chi connectivity index (χ0n) is 11.6. The molecule has 1 aromatic rings. The second-order valence-electron chi connectivity index (χ2n) is 5.20. The summed E-state index contributed by atoms with van der Waals surface area (Å²) in [6, 6.07) is -0.487. The van der Waals surface area contributed by atoms with Gasteiger partial charge >= 0.3 is 0 Å². The smallest absolute Gasteiger partial charge is 0.248 e. The van der Waals surface area contributed by atoms with Crippen LogP contribution >= 0.6 is 0 Å². The van der Waals surface area contributed by atoms with Crippen LogP contribution in [0.3, 0.4) is 0 Å². The Morgan fingerprint density at radius 2 is 2.11 bits per heavy atom. The molecule has 0 saturated carbocycles. The van der Waals surface area contributed by atoms with E-state index >= 15 is 0 Å². The van der Waals surface area contributed by atoms with Crippen LogP contribution in [0, 0.1) is 6.92 Å². The summed E-state index contributed by atoms with van der Waals surface area (Å²) in [6.45, 7) is 7.11. The first-order valence-electron chi connectivity index (χ1n) is 6.27. The summed E-state index contributed by atoms with van der Waals surface area (Å²) in [6.07, 6.45) is 0.546. The maximum Gasteiger partial charge on any atom is 0.248 e. The number of carbonyl (C=O) groups excluding carboxylic acids is 2. The fourth-order valence-corrected chi connectivity index (χ4v) is 2.23. The number of carbonyl (C=O) groups is 2. The maximum atomic E-state index is 12.4. The lowest BCUT2D eigenvalue weighted by Crippen LogP contribution is -2.67. The van der Waals surface area contributed by atoms with E-state index in [0.717, 1.165) is 0 Å². The Morgan fingerprint density at radius 3 is 2.63 bits per heavy atom.